The van der Waals surface area contributed by atoms with Crippen LogP contribution in [0, 0.1) is 5.92 Å². The molecule has 0 aromatic rings. The van der Waals surface area contributed by atoms with Gasteiger partial charge in [0, 0.05) is 31.2 Å². The van der Waals surface area contributed by atoms with Crippen LogP contribution in [0.15, 0.2) is 0 Å². The van der Waals surface area contributed by atoms with Gasteiger partial charge >= 0.3 is 0 Å². The molecule has 1 atom stereocenters. The van der Waals surface area contributed by atoms with Gasteiger partial charge in [0.05, 0.1) is 0 Å². The number of hydrogen-bond donors (Lipinski definition) is 1. The molecular weight excluding hydrogens is 222 g/mol. The molecular formula is C15H31N3. The van der Waals surface area contributed by atoms with Crippen molar-refractivity contribution in [2.75, 3.05) is 33.7 Å². The van der Waals surface area contributed by atoms with Gasteiger partial charge in [0.25, 0.3) is 0 Å². The minimum Gasteiger partial charge on any atom is -0.329 e. The molecule has 0 bridgehead atoms. The molecule has 2 N–H and O–H groups in total. The molecule has 106 valence electrons. The zero-order valence-corrected chi connectivity index (χ0v) is 12.5. The molecule has 1 heterocycles. The largest absolute Gasteiger partial charge is 0.329 e. The Morgan fingerprint density at radius 1 is 1.17 bits per heavy atom. The monoisotopic (exact) mass is 253 g/mol. The molecule has 0 aromatic carbocycles. The van der Waals surface area contributed by atoms with E-state index in [1.165, 1.54) is 51.6 Å². The fraction of sp³-hybridized carbons (Fsp3) is 1.00. The Kier molecular flexibility index (Phi) is 4.68. The molecule has 0 spiro atoms. The molecule has 0 amide bonds. The van der Waals surface area contributed by atoms with Gasteiger partial charge in [-0.1, -0.05) is 19.3 Å². The summed E-state index contributed by atoms with van der Waals surface area (Å²) in [7, 11) is 4.41. The van der Waals surface area contributed by atoms with Gasteiger partial charge in [-0.2, -0.15) is 0 Å². The molecule has 1 saturated heterocycles. The van der Waals surface area contributed by atoms with E-state index in [9.17, 15) is 0 Å². The third-order valence-corrected chi connectivity index (χ3v) is 5.35. The van der Waals surface area contributed by atoms with E-state index in [0.717, 1.165) is 18.5 Å². The van der Waals surface area contributed by atoms with Gasteiger partial charge in [-0.3, -0.25) is 4.90 Å². The normalized spacial score (nSPS) is 27.2. The number of rotatable bonds is 5. The summed E-state index contributed by atoms with van der Waals surface area (Å²) < 4.78 is 0. The van der Waals surface area contributed by atoms with Gasteiger partial charge in [-0.25, -0.2) is 0 Å². The van der Waals surface area contributed by atoms with E-state index in [1.54, 1.807) is 0 Å². The van der Waals surface area contributed by atoms with Crippen molar-refractivity contribution in [1.29, 1.82) is 0 Å². The second-order valence-electron chi connectivity index (χ2n) is 6.88. The summed E-state index contributed by atoms with van der Waals surface area (Å²) in [4.78, 5) is 5.05. The van der Waals surface area contributed by atoms with Crippen molar-refractivity contribution in [3.05, 3.63) is 0 Å². The van der Waals surface area contributed by atoms with Gasteiger partial charge < -0.3 is 10.6 Å². The van der Waals surface area contributed by atoms with Crippen molar-refractivity contribution in [3.63, 3.8) is 0 Å². The minimum atomic E-state index is 0.252. The van der Waals surface area contributed by atoms with Gasteiger partial charge in [0.15, 0.2) is 0 Å². The van der Waals surface area contributed by atoms with E-state index in [-0.39, 0.29) is 5.54 Å². The summed E-state index contributed by atoms with van der Waals surface area (Å²) in [6.07, 6.45) is 8.22. The van der Waals surface area contributed by atoms with Gasteiger partial charge in [0.1, 0.15) is 0 Å². The molecule has 3 nitrogen and oxygen atoms in total. The summed E-state index contributed by atoms with van der Waals surface area (Å²) in [6.45, 7) is 5.66. The second-order valence-corrected chi connectivity index (χ2v) is 6.88. The highest BCUT2D eigenvalue weighted by Gasteiger charge is 2.36. The summed E-state index contributed by atoms with van der Waals surface area (Å²) in [5.41, 5.74) is 6.36. The smallest absolute Gasteiger partial charge is 0.0306 e. The predicted molar refractivity (Wildman–Crippen MR) is 77.7 cm³/mol. The van der Waals surface area contributed by atoms with Crippen molar-refractivity contribution >= 4 is 0 Å². The van der Waals surface area contributed by atoms with E-state index >= 15 is 0 Å². The number of nitrogens with zero attached hydrogens (tertiary/aromatic N) is 2. The van der Waals surface area contributed by atoms with Crippen LogP contribution in [-0.2, 0) is 0 Å². The number of hydrogen-bond acceptors (Lipinski definition) is 3. The highest BCUT2D eigenvalue weighted by atomic mass is 15.2. The fourth-order valence-electron chi connectivity index (χ4n) is 3.58. The molecule has 0 radical (unpaired) electrons. The molecule has 0 aromatic heterocycles. The van der Waals surface area contributed by atoms with E-state index in [2.05, 4.69) is 30.8 Å². The molecule has 1 unspecified atom stereocenters. The maximum Gasteiger partial charge on any atom is 0.0306 e. The van der Waals surface area contributed by atoms with Crippen LogP contribution in [0.2, 0.25) is 0 Å². The van der Waals surface area contributed by atoms with Crippen molar-refractivity contribution in [1.82, 2.24) is 9.80 Å². The topological polar surface area (TPSA) is 32.5 Å². The van der Waals surface area contributed by atoms with Crippen LogP contribution in [0.5, 0.6) is 0 Å². The van der Waals surface area contributed by atoms with Crippen molar-refractivity contribution in [2.45, 2.75) is 57.0 Å². The highest BCUT2D eigenvalue weighted by molar-refractivity contribution is 4.94. The van der Waals surface area contributed by atoms with Gasteiger partial charge in [0.2, 0.25) is 0 Å². The van der Waals surface area contributed by atoms with Crippen molar-refractivity contribution < 1.29 is 0 Å². The third kappa shape index (κ3) is 3.06. The number of piperidine rings is 1. The summed E-state index contributed by atoms with van der Waals surface area (Å²) in [5, 5.41) is 0. The van der Waals surface area contributed by atoms with E-state index in [4.69, 9.17) is 5.73 Å². The van der Waals surface area contributed by atoms with E-state index in [0.29, 0.717) is 0 Å². The molecule has 2 fully saturated rings. The highest BCUT2D eigenvalue weighted by Crippen LogP contribution is 2.36. The van der Waals surface area contributed by atoms with Crippen LogP contribution in [0.25, 0.3) is 0 Å². The molecule has 2 aliphatic rings. The number of nitrogens with two attached hydrogens (primary N) is 1. The lowest BCUT2D eigenvalue weighted by Gasteiger charge is -2.48. The molecule has 1 aliphatic heterocycles. The Balaban J connectivity index is 1.88. The zero-order valence-electron chi connectivity index (χ0n) is 12.5. The lowest BCUT2D eigenvalue weighted by atomic mass is 9.75. The van der Waals surface area contributed by atoms with Gasteiger partial charge in [-0.15, -0.1) is 0 Å². The molecule has 18 heavy (non-hydrogen) atoms. The first-order chi connectivity index (χ1) is 8.55. The zero-order chi connectivity index (χ0) is 13.2. The molecule has 1 aliphatic carbocycles. The first-order valence-electron chi connectivity index (χ1n) is 7.67. The lowest BCUT2D eigenvalue weighted by Crippen LogP contribution is -2.57. The van der Waals surface area contributed by atoms with Crippen molar-refractivity contribution in [3.8, 4) is 0 Å². The molecule has 3 heteroatoms. The maximum absolute atomic E-state index is 6.11. The first kappa shape index (κ1) is 14.3. The maximum atomic E-state index is 6.11. The quantitative estimate of drug-likeness (QED) is 0.812. The Morgan fingerprint density at radius 3 is 2.17 bits per heavy atom. The Morgan fingerprint density at radius 2 is 1.78 bits per heavy atom. The van der Waals surface area contributed by atoms with Crippen molar-refractivity contribution in [2.24, 2.45) is 11.7 Å². The van der Waals surface area contributed by atoms with Crippen LogP contribution in [0.3, 0.4) is 0 Å². The van der Waals surface area contributed by atoms with Crippen LogP contribution >= 0.6 is 0 Å². The Hall–Kier alpha value is -0.120. The van der Waals surface area contributed by atoms with Crippen LogP contribution < -0.4 is 5.73 Å². The predicted octanol–water partition coefficient (Wildman–Crippen LogP) is 1.92. The average molecular weight is 253 g/mol. The van der Waals surface area contributed by atoms with Crippen LogP contribution in [0.4, 0.5) is 0 Å². The second kappa shape index (κ2) is 5.89. The van der Waals surface area contributed by atoms with Gasteiger partial charge in [-0.05, 0) is 46.2 Å². The third-order valence-electron chi connectivity index (χ3n) is 5.35. The van der Waals surface area contributed by atoms with E-state index < -0.39 is 0 Å². The fourth-order valence-corrected chi connectivity index (χ4v) is 3.58. The molecule has 1 saturated carbocycles. The molecule has 2 rings (SSSR count). The van der Waals surface area contributed by atoms with Crippen LogP contribution in [-0.4, -0.2) is 55.1 Å². The SMILES string of the molecule is CN(C)C1CCN(C(C)(CN)CC2CCC2)CC1. The summed E-state index contributed by atoms with van der Waals surface area (Å²) in [6, 6.07) is 0.770. The number of likely N-dealkylation sites (tertiary alicyclic amines) is 1. The Bertz CT molecular complexity index is 254. The Labute approximate surface area is 113 Å². The standard InChI is InChI=1S/C15H31N3/c1-15(12-16,11-13-5-4-6-13)18-9-7-14(8-10-18)17(2)3/h13-14H,4-12,16H2,1-3H3. The summed E-state index contributed by atoms with van der Waals surface area (Å²) in [5.74, 6) is 0.949. The van der Waals surface area contributed by atoms with E-state index in [1.807, 2.05) is 0 Å². The van der Waals surface area contributed by atoms with Crippen LogP contribution in [0.1, 0.15) is 45.4 Å². The lowest BCUT2D eigenvalue weighted by molar-refractivity contribution is 0.0305. The summed E-state index contributed by atoms with van der Waals surface area (Å²) >= 11 is 0. The first-order valence-corrected chi connectivity index (χ1v) is 7.67. The minimum absolute atomic E-state index is 0.252. The average Bonchev–Trinajstić information content (AvgIpc) is 2.34.